The predicted octanol–water partition coefficient (Wildman–Crippen LogP) is 4.48. The molecule has 3 nitrogen and oxygen atoms in total. The Kier molecular flexibility index (Phi) is 12.6. The summed E-state index contributed by atoms with van der Waals surface area (Å²) in [6.07, 6.45) is 11.3. The molecule has 0 aliphatic heterocycles. The standard InChI is InChI=1S/C16H35NO2S/c1-4-7-9-10-11-12-14-20(18,19)17-15-16(6-3)13-8-5-2/h16-17H,4-15H2,1-3H3. The van der Waals surface area contributed by atoms with Gasteiger partial charge < -0.3 is 0 Å². The summed E-state index contributed by atoms with van der Waals surface area (Å²) in [5.41, 5.74) is 0. The Bertz CT molecular complexity index is 302. The molecular weight excluding hydrogens is 270 g/mol. The van der Waals surface area contributed by atoms with Gasteiger partial charge in [0.1, 0.15) is 0 Å². The van der Waals surface area contributed by atoms with Gasteiger partial charge in [0, 0.05) is 6.54 Å². The highest BCUT2D eigenvalue weighted by Gasteiger charge is 2.13. The number of rotatable bonds is 14. The van der Waals surface area contributed by atoms with Crippen molar-refractivity contribution in [2.45, 2.75) is 85.0 Å². The minimum atomic E-state index is -3.05. The molecule has 20 heavy (non-hydrogen) atoms. The lowest BCUT2D eigenvalue weighted by Crippen LogP contribution is -2.31. The van der Waals surface area contributed by atoms with Crippen LogP contribution < -0.4 is 4.72 Å². The lowest BCUT2D eigenvalue weighted by Gasteiger charge is -2.15. The molecule has 0 fully saturated rings. The van der Waals surface area contributed by atoms with E-state index in [1.807, 2.05) is 0 Å². The fraction of sp³-hybridized carbons (Fsp3) is 1.00. The van der Waals surface area contributed by atoms with Crippen LogP contribution in [0.25, 0.3) is 0 Å². The maximum atomic E-state index is 11.9. The molecule has 0 spiro atoms. The molecule has 0 aromatic heterocycles. The van der Waals surface area contributed by atoms with E-state index in [4.69, 9.17) is 0 Å². The Balaban J connectivity index is 3.77. The summed E-state index contributed by atoms with van der Waals surface area (Å²) in [6.45, 7) is 7.13. The molecule has 122 valence electrons. The van der Waals surface area contributed by atoms with Crippen molar-refractivity contribution in [2.75, 3.05) is 12.3 Å². The molecule has 0 radical (unpaired) electrons. The molecule has 1 atom stereocenters. The average Bonchev–Trinajstić information content (AvgIpc) is 2.43. The van der Waals surface area contributed by atoms with E-state index in [0.29, 0.717) is 18.2 Å². The van der Waals surface area contributed by atoms with Crippen molar-refractivity contribution in [3.63, 3.8) is 0 Å². The fourth-order valence-electron chi connectivity index (χ4n) is 2.33. The highest BCUT2D eigenvalue weighted by Crippen LogP contribution is 2.12. The second kappa shape index (κ2) is 12.6. The average molecular weight is 306 g/mol. The summed E-state index contributed by atoms with van der Waals surface area (Å²) in [6, 6.07) is 0. The third kappa shape index (κ3) is 11.7. The molecule has 1 unspecified atom stereocenters. The number of hydrogen-bond donors (Lipinski definition) is 1. The third-order valence-corrected chi connectivity index (χ3v) is 5.33. The van der Waals surface area contributed by atoms with E-state index in [2.05, 4.69) is 25.5 Å². The van der Waals surface area contributed by atoms with Crippen molar-refractivity contribution < 1.29 is 8.42 Å². The van der Waals surface area contributed by atoms with Gasteiger partial charge in [0.2, 0.25) is 10.0 Å². The summed E-state index contributed by atoms with van der Waals surface area (Å²) < 4.78 is 26.6. The fourth-order valence-corrected chi connectivity index (χ4v) is 3.55. The van der Waals surface area contributed by atoms with Gasteiger partial charge in [-0.15, -0.1) is 0 Å². The van der Waals surface area contributed by atoms with E-state index in [-0.39, 0.29) is 0 Å². The van der Waals surface area contributed by atoms with Crippen LogP contribution in [0.15, 0.2) is 0 Å². The Hall–Kier alpha value is -0.0900. The SMILES string of the molecule is CCCCCCCCS(=O)(=O)NCC(CC)CCCC. The Morgan fingerprint density at radius 3 is 2.05 bits per heavy atom. The zero-order chi connectivity index (χ0) is 15.3. The number of nitrogens with one attached hydrogen (secondary N) is 1. The maximum Gasteiger partial charge on any atom is 0.211 e. The first-order valence-electron chi connectivity index (χ1n) is 8.53. The Labute approximate surface area is 127 Å². The zero-order valence-electron chi connectivity index (χ0n) is 13.8. The normalized spacial score (nSPS) is 13.6. The molecule has 0 bridgehead atoms. The van der Waals surface area contributed by atoms with E-state index in [9.17, 15) is 8.42 Å². The van der Waals surface area contributed by atoms with E-state index < -0.39 is 10.0 Å². The Morgan fingerprint density at radius 1 is 0.850 bits per heavy atom. The van der Waals surface area contributed by atoms with Crippen molar-refractivity contribution in [1.82, 2.24) is 4.72 Å². The molecule has 0 heterocycles. The molecule has 4 heteroatoms. The number of unbranched alkanes of at least 4 members (excludes halogenated alkanes) is 6. The second-order valence-electron chi connectivity index (χ2n) is 5.85. The monoisotopic (exact) mass is 305 g/mol. The zero-order valence-corrected chi connectivity index (χ0v) is 14.6. The lowest BCUT2D eigenvalue weighted by molar-refractivity contribution is 0.443. The summed E-state index contributed by atoms with van der Waals surface area (Å²) in [5.74, 6) is 0.790. The first-order chi connectivity index (χ1) is 9.55. The molecule has 0 aliphatic rings. The first kappa shape index (κ1) is 19.9. The van der Waals surface area contributed by atoms with Crippen molar-refractivity contribution >= 4 is 10.0 Å². The van der Waals surface area contributed by atoms with Crippen LogP contribution in [-0.2, 0) is 10.0 Å². The van der Waals surface area contributed by atoms with Crippen LogP contribution in [0.2, 0.25) is 0 Å². The van der Waals surface area contributed by atoms with Crippen LogP contribution in [0.4, 0.5) is 0 Å². The number of sulfonamides is 1. The van der Waals surface area contributed by atoms with Crippen LogP contribution in [-0.4, -0.2) is 20.7 Å². The van der Waals surface area contributed by atoms with Crippen LogP contribution in [0.3, 0.4) is 0 Å². The van der Waals surface area contributed by atoms with Crippen LogP contribution in [0.5, 0.6) is 0 Å². The maximum absolute atomic E-state index is 11.9. The molecule has 0 saturated heterocycles. The van der Waals surface area contributed by atoms with Gasteiger partial charge in [0.25, 0.3) is 0 Å². The predicted molar refractivity (Wildman–Crippen MR) is 88.5 cm³/mol. The summed E-state index contributed by atoms with van der Waals surface area (Å²) >= 11 is 0. The van der Waals surface area contributed by atoms with Gasteiger partial charge in [0.05, 0.1) is 5.75 Å². The molecule has 0 rings (SSSR count). The van der Waals surface area contributed by atoms with Gasteiger partial charge in [-0.25, -0.2) is 13.1 Å². The van der Waals surface area contributed by atoms with E-state index >= 15 is 0 Å². The first-order valence-corrected chi connectivity index (χ1v) is 10.2. The van der Waals surface area contributed by atoms with Crippen molar-refractivity contribution in [1.29, 1.82) is 0 Å². The summed E-state index contributed by atoms with van der Waals surface area (Å²) in [7, 11) is -3.05. The van der Waals surface area contributed by atoms with Crippen molar-refractivity contribution in [2.24, 2.45) is 5.92 Å². The molecular formula is C16H35NO2S. The smallest absolute Gasteiger partial charge is 0.211 e. The van der Waals surface area contributed by atoms with Crippen LogP contribution >= 0.6 is 0 Å². The van der Waals surface area contributed by atoms with Crippen molar-refractivity contribution in [3.8, 4) is 0 Å². The number of hydrogen-bond acceptors (Lipinski definition) is 2. The molecule has 0 aromatic carbocycles. The van der Waals surface area contributed by atoms with Crippen molar-refractivity contribution in [3.05, 3.63) is 0 Å². The highest BCUT2D eigenvalue weighted by atomic mass is 32.2. The molecule has 0 saturated carbocycles. The molecule has 0 aromatic rings. The van der Waals surface area contributed by atoms with E-state index in [1.165, 1.54) is 32.1 Å². The highest BCUT2D eigenvalue weighted by molar-refractivity contribution is 7.89. The van der Waals surface area contributed by atoms with Gasteiger partial charge >= 0.3 is 0 Å². The van der Waals surface area contributed by atoms with Crippen LogP contribution in [0, 0.1) is 5.92 Å². The van der Waals surface area contributed by atoms with Gasteiger partial charge in [-0.2, -0.15) is 0 Å². The Morgan fingerprint density at radius 2 is 1.45 bits per heavy atom. The molecule has 0 aliphatic carbocycles. The topological polar surface area (TPSA) is 46.2 Å². The lowest BCUT2D eigenvalue weighted by atomic mass is 10.00. The van der Waals surface area contributed by atoms with E-state index in [1.54, 1.807) is 0 Å². The molecule has 1 N–H and O–H groups in total. The van der Waals surface area contributed by atoms with Gasteiger partial charge in [-0.05, 0) is 18.8 Å². The minimum Gasteiger partial charge on any atom is -0.215 e. The quantitative estimate of drug-likeness (QED) is 0.481. The van der Waals surface area contributed by atoms with Gasteiger partial charge in [-0.1, -0.05) is 72.1 Å². The molecule has 0 amide bonds. The van der Waals surface area contributed by atoms with Crippen LogP contribution in [0.1, 0.15) is 85.0 Å². The van der Waals surface area contributed by atoms with Gasteiger partial charge in [-0.3, -0.25) is 0 Å². The summed E-state index contributed by atoms with van der Waals surface area (Å²) in [4.78, 5) is 0. The largest absolute Gasteiger partial charge is 0.215 e. The second-order valence-corrected chi connectivity index (χ2v) is 7.78. The minimum absolute atomic E-state index is 0.295. The van der Waals surface area contributed by atoms with E-state index in [0.717, 1.165) is 32.1 Å². The third-order valence-electron chi connectivity index (χ3n) is 3.90. The van der Waals surface area contributed by atoms with Gasteiger partial charge in [0.15, 0.2) is 0 Å². The summed E-state index contributed by atoms with van der Waals surface area (Å²) in [5, 5.41) is 0.